The van der Waals surface area contributed by atoms with Crippen LogP contribution in [0, 0.1) is 0 Å². The Bertz CT molecular complexity index is 826. The summed E-state index contributed by atoms with van der Waals surface area (Å²) in [5.74, 6) is 0.446. The Morgan fingerprint density at radius 1 is 1.23 bits per heavy atom. The highest BCUT2D eigenvalue weighted by Gasteiger charge is 2.05. The molecule has 3 N–H and O–H groups in total. The number of rotatable bonds is 4. The van der Waals surface area contributed by atoms with Crippen molar-refractivity contribution in [3.8, 4) is 0 Å². The molecule has 2 heterocycles. The maximum Gasteiger partial charge on any atom is 0.292 e. The lowest BCUT2D eigenvalue weighted by molar-refractivity contribution is -0.114. The van der Waals surface area contributed by atoms with E-state index in [2.05, 4.69) is 15.3 Å². The summed E-state index contributed by atoms with van der Waals surface area (Å²) < 4.78 is 5.33. The number of aromatic nitrogens is 2. The molecule has 2 aromatic heterocycles. The second kappa shape index (κ2) is 5.85. The first-order valence-electron chi connectivity index (χ1n) is 6.98. The van der Waals surface area contributed by atoms with Crippen molar-refractivity contribution in [2.24, 2.45) is 0 Å². The van der Waals surface area contributed by atoms with Gasteiger partial charge in [0.1, 0.15) is 11.3 Å². The van der Waals surface area contributed by atoms with E-state index >= 15 is 0 Å². The molecule has 0 saturated carbocycles. The van der Waals surface area contributed by atoms with Crippen LogP contribution >= 0.6 is 0 Å². The standard InChI is InChI=1S/C16H16N4O2/c1-10(21)18-15-4-2-3-12(19-15)7-5-11-6-8-13-14(9-11)22-16(17)20-13/h2-4,6,8-9H,5,7H2,1H3,(H2,17,20)(H,18,19,21). The van der Waals surface area contributed by atoms with Crippen LogP contribution in [-0.4, -0.2) is 15.9 Å². The van der Waals surface area contributed by atoms with Crippen molar-refractivity contribution in [1.29, 1.82) is 0 Å². The highest BCUT2D eigenvalue weighted by atomic mass is 16.4. The first kappa shape index (κ1) is 14.1. The van der Waals surface area contributed by atoms with Gasteiger partial charge >= 0.3 is 0 Å². The highest BCUT2D eigenvalue weighted by Crippen LogP contribution is 2.19. The molecule has 0 spiro atoms. The smallest absolute Gasteiger partial charge is 0.292 e. The fourth-order valence-corrected chi connectivity index (χ4v) is 2.28. The van der Waals surface area contributed by atoms with E-state index in [9.17, 15) is 4.79 Å². The van der Waals surface area contributed by atoms with Gasteiger partial charge in [-0.1, -0.05) is 12.1 Å². The number of carbonyl (C=O) groups is 1. The van der Waals surface area contributed by atoms with E-state index in [1.54, 1.807) is 6.07 Å². The van der Waals surface area contributed by atoms with Crippen LogP contribution in [-0.2, 0) is 17.6 Å². The first-order chi connectivity index (χ1) is 10.6. The molecule has 0 unspecified atom stereocenters. The summed E-state index contributed by atoms with van der Waals surface area (Å²) in [6, 6.07) is 11.6. The van der Waals surface area contributed by atoms with Crippen molar-refractivity contribution >= 4 is 28.8 Å². The molecule has 0 saturated heterocycles. The molecule has 3 rings (SSSR count). The number of carbonyl (C=O) groups excluding carboxylic acids is 1. The second-order valence-electron chi connectivity index (χ2n) is 5.05. The highest BCUT2D eigenvalue weighted by molar-refractivity contribution is 5.87. The Balaban J connectivity index is 1.71. The Morgan fingerprint density at radius 2 is 2.09 bits per heavy atom. The van der Waals surface area contributed by atoms with Gasteiger partial charge in [-0.25, -0.2) is 4.98 Å². The third-order valence-electron chi connectivity index (χ3n) is 3.25. The number of pyridine rings is 1. The average Bonchev–Trinajstić information content (AvgIpc) is 2.84. The van der Waals surface area contributed by atoms with Crippen LogP contribution in [0.25, 0.3) is 11.1 Å². The molecule has 1 aromatic carbocycles. The molecule has 6 nitrogen and oxygen atoms in total. The lowest BCUT2D eigenvalue weighted by Crippen LogP contribution is -2.08. The van der Waals surface area contributed by atoms with Gasteiger partial charge in [-0.2, -0.15) is 4.98 Å². The summed E-state index contributed by atoms with van der Waals surface area (Å²) in [5.41, 5.74) is 9.03. The number of anilines is 2. The normalized spacial score (nSPS) is 10.8. The minimum atomic E-state index is -0.127. The second-order valence-corrected chi connectivity index (χ2v) is 5.05. The number of nitrogens with zero attached hydrogens (tertiary/aromatic N) is 2. The third kappa shape index (κ3) is 3.22. The number of nitrogens with one attached hydrogen (secondary N) is 1. The van der Waals surface area contributed by atoms with Gasteiger partial charge in [-0.05, 0) is 42.7 Å². The molecule has 1 amide bonds. The molecular weight excluding hydrogens is 280 g/mol. The van der Waals surface area contributed by atoms with Gasteiger partial charge in [0.15, 0.2) is 5.58 Å². The van der Waals surface area contributed by atoms with Crippen molar-refractivity contribution in [3.63, 3.8) is 0 Å². The van der Waals surface area contributed by atoms with Crippen LogP contribution in [0.4, 0.5) is 11.8 Å². The fourth-order valence-electron chi connectivity index (χ4n) is 2.28. The molecule has 0 fully saturated rings. The first-order valence-corrected chi connectivity index (χ1v) is 6.98. The van der Waals surface area contributed by atoms with E-state index in [1.165, 1.54) is 6.92 Å². The number of nitrogens with two attached hydrogens (primary N) is 1. The molecular formula is C16H16N4O2. The lowest BCUT2D eigenvalue weighted by atomic mass is 10.1. The Labute approximate surface area is 127 Å². The third-order valence-corrected chi connectivity index (χ3v) is 3.25. The molecule has 22 heavy (non-hydrogen) atoms. The average molecular weight is 296 g/mol. The van der Waals surface area contributed by atoms with Gasteiger partial charge in [0.25, 0.3) is 6.01 Å². The van der Waals surface area contributed by atoms with Gasteiger partial charge < -0.3 is 15.5 Å². The molecule has 0 aliphatic heterocycles. The van der Waals surface area contributed by atoms with Crippen molar-refractivity contribution in [2.45, 2.75) is 19.8 Å². The summed E-state index contributed by atoms with van der Waals surface area (Å²) in [4.78, 5) is 19.5. The Hall–Kier alpha value is -2.89. The van der Waals surface area contributed by atoms with Gasteiger partial charge in [0.2, 0.25) is 5.91 Å². The summed E-state index contributed by atoms with van der Waals surface area (Å²) >= 11 is 0. The summed E-state index contributed by atoms with van der Waals surface area (Å²) in [7, 11) is 0. The summed E-state index contributed by atoms with van der Waals surface area (Å²) in [6.07, 6.45) is 1.58. The largest absolute Gasteiger partial charge is 0.424 e. The number of fused-ring (bicyclic) bond motifs is 1. The van der Waals surface area contributed by atoms with Crippen molar-refractivity contribution in [3.05, 3.63) is 47.7 Å². The van der Waals surface area contributed by atoms with Crippen LogP contribution in [0.15, 0.2) is 40.8 Å². The number of oxazole rings is 1. The maximum atomic E-state index is 11.1. The lowest BCUT2D eigenvalue weighted by Gasteiger charge is -2.05. The van der Waals surface area contributed by atoms with E-state index < -0.39 is 0 Å². The Kier molecular flexibility index (Phi) is 3.74. The molecule has 0 radical (unpaired) electrons. The monoisotopic (exact) mass is 296 g/mol. The van der Waals surface area contributed by atoms with Crippen LogP contribution in [0.2, 0.25) is 0 Å². The predicted molar refractivity (Wildman–Crippen MR) is 84.4 cm³/mol. The van der Waals surface area contributed by atoms with Crippen LogP contribution < -0.4 is 11.1 Å². The number of aryl methyl sites for hydroxylation is 2. The maximum absolute atomic E-state index is 11.1. The molecule has 112 valence electrons. The number of hydrogen-bond donors (Lipinski definition) is 2. The molecule has 0 bridgehead atoms. The van der Waals surface area contributed by atoms with Gasteiger partial charge in [-0.3, -0.25) is 4.79 Å². The molecule has 0 aliphatic carbocycles. The molecule has 3 aromatic rings. The van der Waals surface area contributed by atoms with Crippen molar-refractivity contribution in [1.82, 2.24) is 9.97 Å². The van der Waals surface area contributed by atoms with E-state index in [0.29, 0.717) is 11.4 Å². The molecule has 0 atom stereocenters. The van der Waals surface area contributed by atoms with E-state index in [0.717, 1.165) is 29.6 Å². The SMILES string of the molecule is CC(=O)Nc1cccc(CCc2ccc3nc(N)oc3c2)n1. The van der Waals surface area contributed by atoms with Crippen LogP contribution in [0.3, 0.4) is 0 Å². The van der Waals surface area contributed by atoms with Crippen molar-refractivity contribution < 1.29 is 9.21 Å². The number of hydrogen-bond acceptors (Lipinski definition) is 5. The minimum absolute atomic E-state index is 0.127. The van der Waals surface area contributed by atoms with Crippen LogP contribution in [0.5, 0.6) is 0 Å². The number of amides is 1. The fraction of sp³-hybridized carbons (Fsp3) is 0.188. The van der Waals surface area contributed by atoms with Gasteiger partial charge in [-0.15, -0.1) is 0 Å². The minimum Gasteiger partial charge on any atom is -0.424 e. The van der Waals surface area contributed by atoms with E-state index in [4.69, 9.17) is 10.2 Å². The topological polar surface area (TPSA) is 94.0 Å². The van der Waals surface area contributed by atoms with E-state index in [-0.39, 0.29) is 11.9 Å². The van der Waals surface area contributed by atoms with Gasteiger partial charge in [0, 0.05) is 12.6 Å². The van der Waals surface area contributed by atoms with Crippen LogP contribution in [0.1, 0.15) is 18.2 Å². The van der Waals surface area contributed by atoms with Gasteiger partial charge in [0.05, 0.1) is 0 Å². The zero-order valence-electron chi connectivity index (χ0n) is 12.2. The number of benzene rings is 1. The quantitative estimate of drug-likeness (QED) is 0.771. The number of nitrogen functional groups attached to an aromatic ring is 1. The molecule has 6 heteroatoms. The van der Waals surface area contributed by atoms with Crippen molar-refractivity contribution in [2.75, 3.05) is 11.1 Å². The summed E-state index contributed by atoms with van der Waals surface area (Å²) in [5, 5.41) is 2.68. The van der Waals surface area contributed by atoms with E-state index in [1.807, 2.05) is 30.3 Å². The predicted octanol–water partition coefficient (Wildman–Crippen LogP) is 2.55. The zero-order valence-corrected chi connectivity index (χ0v) is 12.2. The zero-order chi connectivity index (χ0) is 15.5. The summed E-state index contributed by atoms with van der Waals surface area (Å²) in [6.45, 7) is 1.46. The Morgan fingerprint density at radius 3 is 2.91 bits per heavy atom. The molecule has 0 aliphatic rings.